The van der Waals surface area contributed by atoms with E-state index in [0.29, 0.717) is 16.3 Å². The number of carbonyl (C=O) groups is 2. The smallest absolute Gasteiger partial charge is 0.226 e. The number of halogens is 3. The Morgan fingerprint density at radius 3 is 2.32 bits per heavy atom. The molecule has 2 aromatic rings. The third kappa shape index (κ3) is 4.54. The molecule has 2 aromatic carbocycles. The van der Waals surface area contributed by atoms with E-state index in [1.807, 2.05) is 0 Å². The van der Waals surface area contributed by atoms with Crippen molar-refractivity contribution in [2.24, 2.45) is 0 Å². The molecule has 1 N–H and O–H groups in total. The first-order valence-electron chi connectivity index (χ1n) is 7.58. The summed E-state index contributed by atoms with van der Waals surface area (Å²) in [7, 11) is 0. The summed E-state index contributed by atoms with van der Waals surface area (Å²) in [6.07, 6.45) is -0.126. The first kappa shape index (κ1) is 18.9. The van der Waals surface area contributed by atoms with Gasteiger partial charge in [0, 0.05) is 30.6 Å². The summed E-state index contributed by atoms with van der Waals surface area (Å²) in [4.78, 5) is 25.3. The molecule has 0 fully saturated rings. The van der Waals surface area contributed by atoms with Gasteiger partial charge in [-0.15, -0.1) is 0 Å². The van der Waals surface area contributed by atoms with Crippen molar-refractivity contribution in [1.29, 1.82) is 0 Å². The molecule has 4 nitrogen and oxygen atoms in total. The minimum Gasteiger partial charge on any atom is -0.321 e. The third-order valence-corrected chi connectivity index (χ3v) is 4.11. The molecule has 25 heavy (non-hydrogen) atoms. The Bertz CT molecular complexity index is 791. The van der Waals surface area contributed by atoms with Gasteiger partial charge in [0.15, 0.2) is 0 Å². The summed E-state index contributed by atoms with van der Waals surface area (Å²) in [5.74, 6) is -2.59. The molecule has 0 bridgehead atoms. The SMILES string of the molecule is CC(=O)N(CCC(=O)Nc1c(F)cccc1F)c1cccc(Cl)c1C. The molecule has 0 unspecified atom stereocenters. The van der Waals surface area contributed by atoms with Crippen LogP contribution in [0.2, 0.25) is 5.02 Å². The van der Waals surface area contributed by atoms with Crippen LogP contribution in [0.25, 0.3) is 0 Å². The van der Waals surface area contributed by atoms with E-state index in [4.69, 9.17) is 11.6 Å². The molecule has 0 atom stereocenters. The van der Waals surface area contributed by atoms with Gasteiger partial charge in [-0.2, -0.15) is 0 Å². The van der Waals surface area contributed by atoms with Crippen LogP contribution >= 0.6 is 11.6 Å². The zero-order chi connectivity index (χ0) is 18.6. The highest BCUT2D eigenvalue weighted by molar-refractivity contribution is 6.31. The second-order valence-electron chi connectivity index (χ2n) is 5.45. The molecule has 2 amide bonds. The number of hydrogen-bond donors (Lipinski definition) is 1. The van der Waals surface area contributed by atoms with Crippen molar-refractivity contribution >= 4 is 34.8 Å². The Kier molecular flexibility index (Phi) is 6.09. The maximum atomic E-state index is 13.6. The molecule has 0 saturated carbocycles. The van der Waals surface area contributed by atoms with Gasteiger partial charge in [-0.3, -0.25) is 9.59 Å². The minimum absolute atomic E-state index is 0.0540. The van der Waals surface area contributed by atoms with Gasteiger partial charge in [0.25, 0.3) is 0 Å². The summed E-state index contributed by atoms with van der Waals surface area (Å²) < 4.78 is 27.1. The average molecular weight is 367 g/mol. The lowest BCUT2D eigenvalue weighted by Gasteiger charge is -2.23. The maximum absolute atomic E-state index is 13.6. The highest BCUT2D eigenvalue weighted by Gasteiger charge is 2.18. The number of benzene rings is 2. The normalized spacial score (nSPS) is 10.4. The van der Waals surface area contributed by atoms with Gasteiger partial charge >= 0.3 is 0 Å². The predicted molar refractivity (Wildman–Crippen MR) is 93.8 cm³/mol. The standard InChI is InChI=1S/C18H17ClF2N2O2/c1-11-13(19)5-3-8-16(11)23(12(2)24)10-9-17(25)22-18-14(20)6-4-7-15(18)21/h3-8H,9-10H2,1-2H3,(H,22,25). The molecule has 0 heterocycles. The monoisotopic (exact) mass is 366 g/mol. The highest BCUT2D eigenvalue weighted by Crippen LogP contribution is 2.27. The molecular weight excluding hydrogens is 350 g/mol. The van der Waals surface area contributed by atoms with Crippen molar-refractivity contribution in [3.63, 3.8) is 0 Å². The molecule has 0 aliphatic heterocycles. The minimum atomic E-state index is -0.859. The Balaban J connectivity index is 2.10. The second kappa shape index (κ2) is 8.07. The van der Waals surface area contributed by atoms with E-state index in [9.17, 15) is 18.4 Å². The first-order chi connectivity index (χ1) is 11.8. The van der Waals surface area contributed by atoms with Crippen LogP contribution in [0.3, 0.4) is 0 Å². The lowest BCUT2D eigenvalue weighted by molar-refractivity contribution is -0.117. The fourth-order valence-electron chi connectivity index (χ4n) is 2.37. The highest BCUT2D eigenvalue weighted by atomic mass is 35.5. The second-order valence-corrected chi connectivity index (χ2v) is 5.86. The fraction of sp³-hybridized carbons (Fsp3) is 0.222. The molecule has 0 aliphatic rings. The molecule has 2 rings (SSSR count). The summed E-state index contributed by atoms with van der Waals surface area (Å²) in [5, 5.41) is 2.70. The lowest BCUT2D eigenvalue weighted by Crippen LogP contribution is -2.32. The topological polar surface area (TPSA) is 49.4 Å². The fourth-order valence-corrected chi connectivity index (χ4v) is 2.54. The van der Waals surface area contributed by atoms with E-state index in [1.165, 1.54) is 17.9 Å². The molecular formula is C18H17ClF2N2O2. The number of nitrogens with zero attached hydrogens (tertiary/aromatic N) is 1. The van der Waals surface area contributed by atoms with E-state index in [1.54, 1.807) is 25.1 Å². The molecule has 0 spiro atoms. The zero-order valence-electron chi connectivity index (χ0n) is 13.8. The van der Waals surface area contributed by atoms with Crippen molar-refractivity contribution < 1.29 is 18.4 Å². The van der Waals surface area contributed by atoms with Crippen molar-refractivity contribution in [3.8, 4) is 0 Å². The van der Waals surface area contributed by atoms with E-state index in [2.05, 4.69) is 5.32 Å². The zero-order valence-corrected chi connectivity index (χ0v) is 14.5. The third-order valence-electron chi connectivity index (χ3n) is 3.70. The largest absolute Gasteiger partial charge is 0.321 e. The van der Waals surface area contributed by atoms with Crippen LogP contribution in [0.1, 0.15) is 18.9 Å². The Morgan fingerprint density at radius 2 is 1.72 bits per heavy atom. The molecule has 0 aromatic heterocycles. The van der Waals surface area contributed by atoms with Gasteiger partial charge in [-0.1, -0.05) is 23.7 Å². The number of amides is 2. The van der Waals surface area contributed by atoms with Crippen LogP contribution in [0.4, 0.5) is 20.2 Å². The average Bonchev–Trinajstić information content (AvgIpc) is 2.55. The van der Waals surface area contributed by atoms with Gasteiger partial charge in [-0.05, 0) is 36.8 Å². The van der Waals surface area contributed by atoms with E-state index in [-0.39, 0.29) is 18.9 Å². The number of carbonyl (C=O) groups excluding carboxylic acids is 2. The van der Waals surface area contributed by atoms with Gasteiger partial charge in [0.05, 0.1) is 0 Å². The molecule has 0 saturated heterocycles. The Labute approximate surface area is 149 Å². The quantitative estimate of drug-likeness (QED) is 0.857. The van der Waals surface area contributed by atoms with Gasteiger partial charge in [0.1, 0.15) is 17.3 Å². The number of nitrogens with one attached hydrogen (secondary N) is 1. The maximum Gasteiger partial charge on any atom is 0.226 e. The van der Waals surface area contributed by atoms with Gasteiger partial charge in [0.2, 0.25) is 11.8 Å². The van der Waals surface area contributed by atoms with Crippen molar-refractivity contribution in [1.82, 2.24) is 0 Å². The number of anilines is 2. The van der Waals surface area contributed by atoms with E-state index < -0.39 is 23.2 Å². The molecule has 0 radical (unpaired) electrons. The van der Waals surface area contributed by atoms with Crippen LogP contribution in [0, 0.1) is 18.6 Å². The first-order valence-corrected chi connectivity index (χ1v) is 7.96. The van der Waals surface area contributed by atoms with E-state index in [0.717, 1.165) is 12.1 Å². The van der Waals surface area contributed by atoms with Gasteiger partial charge in [-0.25, -0.2) is 8.78 Å². The van der Waals surface area contributed by atoms with Gasteiger partial charge < -0.3 is 10.2 Å². The van der Waals surface area contributed by atoms with Crippen molar-refractivity contribution in [3.05, 3.63) is 58.6 Å². The number of rotatable bonds is 5. The van der Waals surface area contributed by atoms with Crippen molar-refractivity contribution in [2.45, 2.75) is 20.3 Å². The summed E-state index contributed by atoms with van der Waals surface area (Å²) in [6.45, 7) is 3.19. The summed E-state index contributed by atoms with van der Waals surface area (Å²) in [6, 6.07) is 8.43. The number of hydrogen-bond acceptors (Lipinski definition) is 2. The van der Waals surface area contributed by atoms with Crippen LogP contribution in [-0.2, 0) is 9.59 Å². The van der Waals surface area contributed by atoms with Crippen LogP contribution in [-0.4, -0.2) is 18.4 Å². The van der Waals surface area contributed by atoms with Crippen LogP contribution in [0.5, 0.6) is 0 Å². The van der Waals surface area contributed by atoms with Crippen molar-refractivity contribution in [2.75, 3.05) is 16.8 Å². The van der Waals surface area contributed by atoms with Crippen LogP contribution in [0.15, 0.2) is 36.4 Å². The lowest BCUT2D eigenvalue weighted by atomic mass is 10.1. The summed E-state index contributed by atoms with van der Waals surface area (Å²) >= 11 is 6.07. The molecule has 132 valence electrons. The Hall–Kier alpha value is -2.47. The predicted octanol–water partition coefficient (Wildman–Crippen LogP) is 4.31. The molecule has 7 heteroatoms. The van der Waals surface area contributed by atoms with Crippen LogP contribution < -0.4 is 10.2 Å². The van der Waals surface area contributed by atoms with E-state index >= 15 is 0 Å². The molecule has 0 aliphatic carbocycles. The summed E-state index contributed by atoms with van der Waals surface area (Å²) in [5.41, 5.74) is 0.797. The Morgan fingerprint density at radius 1 is 1.12 bits per heavy atom. The number of para-hydroxylation sites is 1.